The minimum Gasteiger partial charge on any atom is -0.255 e. The largest absolute Gasteiger partial charge is 0.255 e. The highest BCUT2D eigenvalue weighted by atomic mass is 14.8. The molecule has 0 saturated heterocycles. The van der Waals surface area contributed by atoms with Gasteiger partial charge in [-0.1, -0.05) is 91.1 Å². The molecule has 6 heteroatoms. The summed E-state index contributed by atoms with van der Waals surface area (Å²) in [4.78, 5) is 28.3. The van der Waals surface area contributed by atoms with Crippen molar-refractivity contribution < 1.29 is 0 Å². The second kappa shape index (κ2) is 15.6. The number of hydrogen-bond donors (Lipinski definition) is 0. The third-order valence-electron chi connectivity index (χ3n) is 11.0. The van der Waals surface area contributed by atoms with Crippen molar-refractivity contribution in [3.8, 4) is 56.7 Å². The Balaban J connectivity index is 0.910. The molecule has 7 aromatic rings. The fraction of sp³-hybridized carbons (Fsp3) is 0.0769. The van der Waals surface area contributed by atoms with E-state index in [1.54, 1.807) is 12.4 Å². The van der Waals surface area contributed by atoms with Crippen LogP contribution in [0.25, 0.3) is 67.8 Å². The summed E-state index contributed by atoms with van der Waals surface area (Å²) in [5.74, 6) is 0.390. The molecule has 6 heterocycles. The lowest BCUT2D eigenvalue weighted by atomic mass is 9.79. The molecule has 1 unspecified atom stereocenters. The maximum Gasteiger partial charge on any atom is 0.0900 e. The summed E-state index contributed by atoms with van der Waals surface area (Å²) < 4.78 is 0. The molecule has 0 radical (unpaired) electrons. The normalized spacial score (nSPS) is 16.0. The van der Waals surface area contributed by atoms with Gasteiger partial charge in [0.15, 0.2) is 0 Å². The Kier molecular flexibility index (Phi) is 9.41. The topological polar surface area (TPSA) is 77.3 Å². The smallest absolute Gasteiger partial charge is 0.0900 e. The number of benzene rings is 1. The summed E-state index contributed by atoms with van der Waals surface area (Å²) in [7, 11) is 0. The molecule has 10 rings (SSSR count). The van der Waals surface area contributed by atoms with E-state index in [0.717, 1.165) is 81.5 Å². The predicted octanol–water partition coefficient (Wildman–Crippen LogP) is 12.0. The Bertz CT molecular complexity index is 2700. The summed E-state index contributed by atoms with van der Waals surface area (Å²) >= 11 is 0. The van der Waals surface area contributed by atoms with Gasteiger partial charge in [0, 0.05) is 30.7 Å². The molecule has 0 fully saturated rings. The highest BCUT2D eigenvalue weighted by molar-refractivity contribution is 5.82. The summed E-state index contributed by atoms with van der Waals surface area (Å²) in [6, 6.07) is 41.1. The van der Waals surface area contributed by atoms with E-state index in [2.05, 4.69) is 111 Å². The van der Waals surface area contributed by atoms with E-state index in [1.807, 2.05) is 85.2 Å². The van der Waals surface area contributed by atoms with Gasteiger partial charge >= 0.3 is 0 Å². The van der Waals surface area contributed by atoms with E-state index >= 15 is 0 Å². The van der Waals surface area contributed by atoms with Crippen molar-refractivity contribution in [2.45, 2.75) is 19.3 Å². The average molecular weight is 747 g/mol. The van der Waals surface area contributed by atoms with Gasteiger partial charge in [0.2, 0.25) is 0 Å². The SMILES string of the molecule is C1=CC2CC=C(C3=CC=C(c4cc(-c5ccccn5)nc(-c5ccccn5)c4)CC3)C=C2C=C1c1ccc(-c2cc(-c3ccccn3)nc(-c3ccccn3)c2)cc1. The Morgan fingerprint density at radius 1 is 0.414 bits per heavy atom. The maximum absolute atomic E-state index is 4.97. The molecule has 1 atom stereocenters. The van der Waals surface area contributed by atoms with Crippen LogP contribution < -0.4 is 0 Å². The molecule has 58 heavy (non-hydrogen) atoms. The number of pyridine rings is 6. The molecule has 1 aromatic carbocycles. The van der Waals surface area contributed by atoms with E-state index in [4.69, 9.17) is 9.97 Å². The minimum atomic E-state index is 0.390. The van der Waals surface area contributed by atoms with Crippen LogP contribution in [0.15, 0.2) is 205 Å². The van der Waals surface area contributed by atoms with Crippen LogP contribution in [0.5, 0.6) is 0 Å². The van der Waals surface area contributed by atoms with Crippen LogP contribution in [0, 0.1) is 5.92 Å². The van der Waals surface area contributed by atoms with Crippen molar-refractivity contribution in [2.75, 3.05) is 0 Å². The monoisotopic (exact) mass is 746 g/mol. The molecule has 3 aliphatic rings. The van der Waals surface area contributed by atoms with Gasteiger partial charge in [0.1, 0.15) is 0 Å². The summed E-state index contributed by atoms with van der Waals surface area (Å²) in [5, 5.41) is 0. The quantitative estimate of drug-likeness (QED) is 0.154. The van der Waals surface area contributed by atoms with Gasteiger partial charge in [-0.3, -0.25) is 19.9 Å². The Morgan fingerprint density at radius 2 is 0.897 bits per heavy atom. The van der Waals surface area contributed by atoms with Crippen LogP contribution in [0.4, 0.5) is 0 Å². The van der Waals surface area contributed by atoms with Crippen molar-refractivity contribution in [2.24, 2.45) is 5.92 Å². The van der Waals surface area contributed by atoms with E-state index < -0.39 is 0 Å². The van der Waals surface area contributed by atoms with Gasteiger partial charge < -0.3 is 0 Å². The number of fused-ring (bicyclic) bond motifs is 1. The molecule has 0 aliphatic heterocycles. The molecule has 0 spiro atoms. The second-order valence-corrected chi connectivity index (χ2v) is 14.7. The Hall–Kier alpha value is -7.44. The van der Waals surface area contributed by atoms with Gasteiger partial charge in [-0.05, 0) is 142 Å². The van der Waals surface area contributed by atoms with Crippen molar-refractivity contribution in [1.82, 2.24) is 29.9 Å². The lowest BCUT2D eigenvalue weighted by Crippen LogP contribution is -2.09. The lowest BCUT2D eigenvalue weighted by molar-refractivity contribution is 0.772. The number of rotatable bonds is 8. The van der Waals surface area contributed by atoms with Crippen LogP contribution in [0.1, 0.15) is 30.4 Å². The Morgan fingerprint density at radius 3 is 1.38 bits per heavy atom. The van der Waals surface area contributed by atoms with Crippen molar-refractivity contribution in [3.63, 3.8) is 0 Å². The third kappa shape index (κ3) is 7.31. The molecule has 6 aromatic heterocycles. The first-order chi connectivity index (χ1) is 28.7. The predicted molar refractivity (Wildman–Crippen MR) is 234 cm³/mol. The lowest BCUT2D eigenvalue weighted by Gasteiger charge is -2.25. The maximum atomic E-state index is 4.97. The first-order valence-corrected chi connectivity index (χ1v) is 19.7. The van der Waals surface area contributed by atoms with Crippen LogP contribution in [-0.4, -0.2) is 29.9 Å². The van der Waals surface area contributed by atoms with Crippen LogP contribution >= 0.6 is 0 Å². The van der Waals surface area contributed by atoms with E-state index in [1.165, 1.54) is 33.4 Å². The molecule has 0 N–H and O–H groups in total. The highest BCUT2D eigenvalue weighted by Gasteiger charge is 2.21. The van der Waals surface area contributed by atoms with Gasteiger partial charge in [0.25, 0.3) is 0 Å². The summed E-state index contributed by atoms with van der Waals surface area (Å²) in [6.45, 7) is 0. The van der Waals surface area contributed by atoms with Crippen LogP contribution in [-0.2, 0) is 0 Å². The number of hydrogen-bond acceptors (Lipinski definition) is 6. The first kappa shape index (κ1) is 35.0. The zero-order valence-electron chi connectivity index (χ0n) is 31.8. The molecule has 276 valence electrons. The number of aromatic nitrogens is 6. The number of allylic oxidation sites excluding steroid dienone is 12. The van der Waals surface area contributed by atoms with E-state index in [-0.39, 0.29) is 0 Å². The van der Waals surface area contributed by atoms with Crippen molar-refractivity contribution in [3.05, 3.63) is 216 Å². The fourth-order valence-corrected chi connectivity index (χ4v) is 7.89. The summed E-state index contributed by atoms with van der Waals surface area (Å²) in [5.41, 5.74) is 17.8. The van der Waals surface area contributed by atoms with Gasteiger partial charge in [0.05, 0.1) is 45.6 Å². The van der Waals surface area contributed by atoms with Crippen molar-refractivity contribution in [1.29, 1.82) is 0 Å². The minimum absolute atomic E-state index is 0.390. The molecular formula is C52H38N6. The van der Waals surface area contributed by atoms with Gasteiger partial charge in [-0.25, -0.2) is 9.97 Å². The molecule has 0 amide bonds. The van der Waals surface area contributed by atoms with Gasteiger partial charge in [-0.2, -0.15) is 0 Å². The third-order valence-corrected chi connectivity index (χ3v) is 11.0. The Labute approximate surface area is 338 Å². The van der Waals surface area contributed by atoms with Gasteiger partial charge in [-0.15, -0.1) is 0 Å². The zero-order valence-corrected chi connectivity index (χ0v) is 31.8. The standard InChI is InChI=1S/C52H38N6/c1-5-25-53-45(9-1)49-31-43(32-50(57-49)46-10-2-6-26-54-46)38-17-13-35(14-18-38)40-23-21-37-22-24-41(30-42(37)29-40)36-15-19-39(20-16-36)44-33-51(47-11-3-7-27-55-47)58-52(34-44)48-12-4-8-28-56-48/h1-15,17-19,21,23-34,37H,16,20,22H2. The van der Waals surface area contributed by atoms with E-state index in [0.29, 0.717) is 5.92 Å². The number of nitrogens with zero attached hydrogens (tertiary/aromatic N) is 6. The highest BCUT2D eigenvalue weighted by Crippen LogP contribution is 2.39. The molecule has 6 nitrogen and oxygen atoms in total. The molecule has 0 saturated carbocycles. The van der Waals surface area contributed by atoms with Crippen molar-refractivity contribution >= 4 is 11.1 Å². The first-order valence-electron chi connectivity index (χ1n) is 19.7. The summed E-state index contributed by atoms with van der Waals surface area (Å²) in [6.07, 6.45) is 26.6. The molecule has 3 aliphatic carbocycles. The fourth-order valence-electron chi connectivity index (χ4n) is 7.89. The zero-order chi connectivity index (χ0) is 38.7. The van der Waals surface area contributed by atoms with E-state index in [9.17, 15) is 0 Å². The molecule has 0 bridgehead atoms. The van der Waals surface area contributed by atoms with Crippen LogP contribution in [0.2, 0.25) is 0 Å². The second-order valence-electron chi connectivity index (χ2n) is 14.7. The average Bonchev–Trinajstić information content (AvgIpc) is 3.32. The molecular weight excluding hydrogens is 709 g/mol. The van der Waals surface area contributed by atoms with Crippen LogP contribution in [0.3, 0.4) is 0 Å².